The predicted octanol–water partition coefficient (Wildman–Crippen LogP) is 2.36. The molecule has 0 spiro atoms. The molecule has 0 amide bonds. The van der Waals surface area contributed by atoms with Crippen molar-refractivity contribution in [2.24, 2.45) is 5.92 Å². The molecule has 110 valence electrons. The first kappa shape index (κ1) is 13.6. The largest absolute Gasteiger partial charge is 0.393 e. The van der Waals surface area contributed by atoms with Crippen molar-refractivity contribution in [2.75, 3.05) is 23.7 Å². The topological polar surface area (TPSA) is 70.1 Å². The molecule has 2 unspecified atom stereocenters. The molecule has 2 atom stereocenters. The molecular formula is C15H24N4O. The molecule has 3 N–H and O–H groups in total. The van der Waals surface area contributed by atoms with Crippen LogP contribution >= 0.6 is 0 Å². The highest BCUT2D eigenvalue weighted by Crippen LogP contribution is 2.38. The SMILES string of the molecule is CCNc1cc(NCC2CCC(O)C2)nc(C2CC2)n1. The minimum absolute atomic E-state index is 0.105. The third-order valence-electron chi connectivity index (χ3n) is 4.13. The van der Waals surface area contributed by atoms with E-state index in [1.165, 1.54) is 12.8 Å². The Morgan fingerprint density at radius 2 is 1.90 bits per heavy atom. The second kappa shape index (κ2) is 5.95. The Bertz CT molecular complexity index is 461. The maximum Gasteiger partial charge on any atom is 0.136 e. The molecule has 2 fully saturated rings. The first-order valence-corrected chi connectivity index (χ1v) is 7.79. The van der Waals surface area contributed by atoms with Gasteiger partial charge in [-0.15, -0.1) is 0 Å². The van der Waals surface area contributed by atoms with Gasteiger partial charge in [-0.2, -0.15) is 0 Å². The Morgan fingerprint density at radius 3 is 2.50 bits per heavy atom. The van der Waals surface area contributed by atoms with Gasteiger partial charge in [-0.1, -0.05) is 0 Å². The lowest BCUT2D eigenvalue weighted by atomic mass is 10.1. The fourth-order valence-corrected chi connectivity index (χ4v) is 2.84. The van der Waals surface area contributed by atoms with Crippen LogP contribution in [0.4, 0.5) is 11.6 Å². The van der Waals surface area contributed by atoms with Crippen LogP contribution in [-0.2, 0) is 0 Å². The molecule has 0 aromatic carbocycles. The van der Waals surface area contributed by atoms with Crippen molar-refractivity contribution in [2.45, 2.75) is 51.0 Å². The molecule has 0 bridgehead atoms. The summed E-state index contributed by atoms with van der Waals surface area (Å²) in [6, 6.07) is 1.99. The summed E-state index contributed by atoms with van der Waals surface area (Å²) < 4.78 is 0. The molecule has 0 aliphatic heterocycles. The summed E-state index contributed by atoms with van der Waals surface area (Å²) in [5, 5.41) is 16.3. The van der Waals surface area contributed by atoms with Crippen LogP contribution in [-0.4, -0.2) is 34.3 Å². The van der Waals surface area contributed by atoms with Crippen molar-refractivity contribution in [3.05, 3.63) is 11.9 Å². The number of aromatic nitrogens is 2. The Morgan fingerprint density at radius 1 is 1.15 bits per heavy atom. The smallest absolute Gasteiger partial charge is 0.136 e. The van der Waals surface area contributed by atoms with E-state index < -0.39 is 0 Å². The predicted molar refractivity (Wildman–Crippen MR) is 80.0 cm³/mol. The van der Waals surface area contributed by atoms with Crippen LogP contribution in [0.15, 0.2) is 6.07 Å². The molecule has 5 heteroatoms. The van der Waals surface area contributed by atoms with Gasteiger partial charge in [0, 0.05) is 25.1 Å². The summed E-state index contributed by atoms with van der Waals surface area (Å²) in [6.07, 6.45) is 5.27. The van der Waals surface area contributed by atoms with Gasteiger partial charge >= 0.3 is 0 Å². The van der Waals surface area contributed by atoms with Gasteiger partial charge in [0.2, 0.25) is 0 Å². The number of nitrogens with one attached hydrogen (secondary N) is 2. The summed E-state index contributed by atoms with van der Waals surface area (Å²) in [6.45, 7) is 3.84. The average Bonchev–Trinajstić information content (AvgIpc) is 3.20. The second-order valence-corrected chi connectivity index (χ2v) is 6.02. The fraction of sp³-hybridized carbons (Fsp3) is 0.733. The van der Waals surface area contributed by atoms with Gasteiger partial charge in [0.25, 0.3) is 0 Å². The average molecular weight is 276 g/mol. The summed E-state index contributed by atoms with van der Waals surface area (Å²) in [4.78, 5) is 9.21. The normalized spacial score (nSPS) is 25.7. The summed E-state index contributed by atoms with van der Waals surface area (Å²) >= 11 is 0. The number of aliphatic hydroxyl groups excluding tert-OH is 1. The standard InChI is InChI=1S/C15H24N4O/c1-2-16-13-8-14(19-15(18-13)11-4-5-11)17-9-10-3-6-12(20)7-10/h8,10-12,20H,2-7,9H2,1H3,(H2,16,17,18,19). The molecule has 20 heavy (non-hydrogen) atoms. The van der Waals surface area contributed by atoms with Crippen molar-refractivity contribution in [3.8, 4) is 0 Å². The van der Waals surface area contributed by atoms with E-state index in [2.05, 4.69) is 27.5 Å². The van der Waals surface area contributed by atoms with E-state index in [-0.39, 0.29) is 6.10 Å². The zero-order valence-electron chi connectivity index (χ0n) is 12.1. The number of hydrogen-bond acceptors (Lipinski definition) is 5. The lowest BCUT2D eigenvalue weighted by molar-refractivity contribution is 0.178. The number of nitrogens with zero attached hydrogens (tertiary/aromatic N) is 2. The van der Waals surface area contributed by atoms with Crippen molar-refractivity contribution in [3.63, 3.8) is 0 Å². The van der Waals surface area contributed by atoms with Crippen molar-refractivity contribution >= 4 is 11.6 Å². The lowest BCUT2D eigenvalue weighted by Gasteiger charge is -2.13. The number of anilines is 2. The molecule has 5 nitrogen and oxygen atoms in total. The van der Waals surface area contributed by atoms with Gasteiger partial charge < -0.3 is 15.7 Å². The van der Waals surface area contributed by atoms with Crippen LogP contribution in [0.1, 0.15) is 50.8 Å². The van der Waals surface area contributed by atoms with Crippen LogP contribution in [0.3, 0.4) is 0 Å². The van der Waals surface area contributed by atoms with Crippen LogP contribution in [0.2, 0.25) is 0 Å². The van der Waals surface area contributed by atoms with Gasteiger partial charge in [-0.05, 0) is 44.9 Å². The van der Waals surface area contributed by atoms with E-state index in [1.54, 1.807) is 0 Å². The molecule has 2 aliphatic carbocycles. The summed E-state index contributed by atoms with van der Waals surface area (Å²) in [7, 11) is 0. The fourth-order valence-electron chi connectivity index (χ4n) is 2.84. The molecule has 2 aliphatic rings. The quantitative estimate of drug-likeness (QED) is 0.744. The van der Waals surface area contributed by atoms with E-state index in [4.69, 9.17) is 0 Å². The van der Waals surface area contributed by atoms with Crippen LogP contribution in [0, 0.1) is 5.92 Å². The van der Waals surface area contributed by atoms with Crippen LogP contribution < -0.4 is 10.6 Å². The highest BCUT2D eigenvalue weighted by atomic mass is 16.3. The van der Waals surface area contributed by atoms with Crippen LogP contribution in [0.5, 0.6) is 0 Å². The first-order chi connectivity index (χ1) is 9.74. The maximum absolute atomic E-state index is 9.57. The monoisotopic (exact) mass is 276 g/mol. The highest BCUT2D eigenvalue weighted by Gasteiger charge is 2.27. The van der Waals surface area contributed by atoms with E-state index in [0.717, 1.165) is 49.8 Å². The molecule has 2 saturated carbocycles. The second-order valence-electron chi connectivity index (χ2n) is 6.02. The first-order valence-electron chi connectivity index (χ1n) is 7.79. The Hall–Kier alpha value is -1.36. The molecule has 1 aromatic heterocycles. The number of hydrogen-bond donors (Lipinski definition) is 3. The van der Waals surface area contributed by atoms with Crippen molar-refractivity contribution in [1.29, 1.82) is 0 Å². The van der Waals surface area contributed by atoms with Crippen molar-refractivity contribution < 1.29 is 5.11 Å². The zero-order chi connectivity index (χ0) is 13.9. The molecule has 0 radical (unpaired) electrons. The molecular weight excluding hydrogens is 252 g/mol. The minimum atomic E-state index is -0.105. The Balaban J connectivity index is 1.64. The van der Waals surface area contributed by atoms with Gasteiger partial charge in [-0.25, -0.2) is 9.97 Å². The van der Waals surface area contributed by atoms with Crippen molar-refractivity contribution in [1.82, 2.24) is 9.97 Å². The third-order valence-corrected chi connectivity index (χ3v) is 4.13. The molecule has 0 saturated heterocycles. The van der Waals surface area contributed by atoms with E-state index in [0.29, 0.717) is 11.8 Å². The van der Waals surface area contributed by atoms with E-state index in [1.807, 2.05) is 6.07 Å². The van der Waals surface area contributed by atoms with E-state index >= 15 is 0 Å². The Kier molecular flexibility index (Phi) is 4.05. The highest BCUT2D eigenvalue weighted by molar-refractivity contribution is 5.48. The zero-order valence-corrected chi connectivity index (χ0v) is 12.1. The van der Waals surface area contributed by atoms with Gasteiger partial charge in [0.1, 0.15) is 17.5 Å². The maximum atomic E-state index is 9.57. The third kappa shape index (κ3) is 3.39. The van der Waals surface area contributed by atoms with Gasteiger partial charge in [0.05, 0.1) is 6.10 Å². The van der Waals surface area contributed by atoms with Gasteiger partial charge in [0.15, 0.2) is 0 Å². The minimum Gasteiger partial charge on any atom is -0.393 e. The number of aliphatic hydroxyl groups is 1. The molecule has 1 aromatic rings. The molecule has 1 heterocycles. The van der Waals surface area contributed by atoms with Crippen LogP contribution in [0.25, 0.3) is 0 Å². The van der Waals surface area contributed by atoms with Gasteiger partial charge in [-0.3, -0.25) is 0 Å². The Labute approximate surface area is 120 Å². The summed E-state index contributed by atoms with van der Waals surface area (Å²) in [5.74, 6) is 3.92. The molecule has 3 rings (SSSR count). The summed E-state index contributed by atoms with van der Waals surface area (Å²) in [5.41, 5.74) is 0. The number of rotatable bonds is 6. The van der Waals surface area contributed by atoms with E-state index in [9.17, 15) is 5.11 Å². The lowest BCUT2D eigenvalue weighted by Crippen LogP contribution is -2.14.